The van der Waals surface area contributed by atoms with Crippen LogP contribution in [0.1, 0.15) is 32.1 Å². The van der Waals surface area contributed by atoms with Gasteiger partial charge in [-0.15, -0.1) is 0 Å². The molecule has 1 rings (SSSR count). The first-order valence-electron chi connectivity index (χ1n) is 5.52. The number of halogens is 3. The van der Waals surface area contributed by atoms with Crippen LogP contribution in [-0.4, -0.2) is 25.3 Å². The van der Waals surface area contributed by atoms with Crippen LogP contribution in [0.15, 0.2) is 0 Å². The SMILES string of the molecule is NC1CCCCC1CNCCC(F)(F)F. The Hall–Kier alpha value is -0.290. The lowest BCUT2D eigenvalue weighted by Gasteiger charge is -2.28. The Morgan fingerprint density at radius 1 is 1.20 bits per heavy atom. The number of nitrogens with one attached hydrogen (secondary N) is 1. The van der Waals surface area contributed by atoms with E-state index in [9.17, 15) is 13.2 Å². The number of alkyl halides is 3. The standard InChI is InChI=1S/C10H19F3N2/c11-10(12,13)5-6-15-7-8-3-1-2-4-9(8)14/h8-9,15H,1-7,14H2. The molecular weight excluding hydrogens is 205 g/mol. The molecule has 2 unspecified atom stereocenters. The molecule has 1 aliphatic rings. The Morgan fingerprint density at radius 3 is 2.47 bits per heavy atom. The predicted octanol–water partition coefficient (Wildman–Crippen LogP) is 2.05. The summed E-state index contributed by atoms with van der Waals surface area (Å²) in [6.07, 6.45) is -0.456. The Labute approximate surface area is 88.4 Å². The van der Waals surface area contributed by atoms with Gasteiger partial charge in [-0.3, -0.25) is 0 Å². The van der Waals surface area contributed by atoms with Crippen molar-refractivity contribution in [2.24, 2.45) is 11.7 Å². The second-order valence-corrected chi connectivity index (χ2v) is 4.28. The zero-order valence-electron chi connectivity index (χ0n) is 8.82. The van der Waals surface area contributed by atoms with Gasteiger partial charge in [0.05, 0.1) is 6.42 Å². The highest BCUT2D eigenvalue weighted by Gasteiger charge is 2.26. The van der Waals surface area contributed by atoms with Crippen LogP contribution >= 0.6 is 0 Å². The van der Waals surface area contributed by atoms with Crippen LogP contribution < -0.4 is 11.1 Å². The maximum atomic E-state index is 11.8. The molecule has 0 aliphatic heterocycles. The fourth-order valence-corrected chi connectivity index (χ4v) is 2.01. The second kappa shape index (κ2) is 5.70. The minimum atomic E-state index is -4.05. The summed E-state index contributed by atoms with van der Waals surface area (Å²) in [4.78, 5) is 0. The molecule has 2 atom stereocenters. The van der Waals surface area contributed by atoms with Gasteiger partial charge in [0, 0.05) is 12.6 Å². The highest BCUT2D eigenvalue weighted by Crippen LogP contribution is 2.22. The topological polar surface area (TPSA) is 38.0 Å². The van der Waals surface area contributed by atoms with Crippen molar-refractivity contribution < 1.29 is 13.2 Å². The maximum Gasteiger partial charge on any atom is 0.390 e. The van der Waals surface area contributed by atoms with Gasteiger partial charge < -0.3 is 11.1 Å². The molecule has 15 heavy (non-hydrogen) atoms. The lowest BCUT2D eigenvalue weighted by Crippen LogP contribution is -2.40. The quantitative estimate of drug-likeness (QED) is 0.717. The first-order chi connectivity index (χ1) is 6.99. The molecule has 0 bridgehead atoms. The third kappa shape index (κ3) is 5.37. The van der Waals surface area contributed by atoms with Crippen LogP contribution in [0.3, 0.4) is 0 Å². The molecule has 1 fully saturated rings. The molecule has 0 saturated heterocycles. The van der Waals surface area contributed by atoms with Crippen molar-refractivity contribution in [3.05, 3.63) is 0 Å². The number of hydrogen-bond donors (Lipinski definition) is 2. The zero-order chi connectivity index (χ0) is 11.3. The summed E-state index contributed by atoms with van der Waals surface area (Å²) in [7, 11) is 0. The van der Waals surface area contributed by atoms with E-state index >= 15 is 0 Å². The highest BCUT2D eigenvalue weighted by atomic mass is 19.4. The second-order valence-electron chi connectivity index (χ2n) is 4.28. The molecule has 0 heterocycles. The fourth-order valence-electron chi connectivity index (χ4n) is 2.01. The van der Waals surface area contributed by atoms with Gasteiger partial charge in [0.2, 0.25) is 0 Å². The third-order valence-corrected chi connectivity index (χ3v) is 2.96. The van der Waals surface area contributed by atoms with Crippen LogP contribution in [0.25, 0.3) is 0 Å². The molecule has 0 radical (unpaired) electrons. The van der Waals surface area contributed by atoms with Gasteiger partial charge >= 0.3 is 6.18 Å². The van der Waals surface area contributed by atoms with E-state index in [2.05, 4.69) is 5.32 Å². The molecule has 3 N–H and O–H groups in total. The number of hydrogen-bond acceptors (Lipinski definition) is 2. The Balaban J connectivity index is 2.08. The van der Waals surface area contributed by atoms with E-state index in [-0.39, 0.29) is 12.6 Å². The van der Waals surface area contributed by atoms with Crippen molar-refractivity contribution in [1.29, 1.82) is 0 Å². The van der Waals surface area contributed by atoms with E-state index in [1.54, 1.807) is 0 Å². The largest absolute Gasteiger partial charge is 0.390 e. The van der Waals surface area contributed by atoms with Gasteiger partial charge in [0.25, 0.3) is 0 Å². The van der Waals surface area contributed by atoms with Crippen LogP contribution in [-0.2, 0) is 0 Å². The number of rotatable bonds is 4. The summed E-state index contributed by atoms with van der Waals surface area (Å²) >= 11 is 0. The minimum Gasteiger partial charge on any atom is -0.327 e. The molecular formula is C10H19F3N2. The first kappa shape index (κ1) is 12.8. The predicted molar refractivity (Wildman–Crippen MR) is 53.5 cm³/mol. The molecule has 5 heteroatoms. The van der Waals surface area contributed by atoms with Crippen molar-refractivity contribution in [3.8, 4) is 0 Å². The highest BCUT2D eigenvalue weighted by molar-refractivity contribution is 4.79. The van der Waals surface area contributed by atoms with Gasteiger partial charge in [-0.05, 0) is 25.3 Å². The van der Waals surface area contributed by atoms with Gasteiger partial charge in [0.1, 0.15) is 0 Å². The fraction of sp³-hybridized carbons (Fsp3) is 1.00. The molecule has 1 saturated carbocycles. The molecule has 0 aromatic rings. The van der Waals surface area contributed by atoms with Crippen LogP contribution in [0.5, 0.6) is 0 Å². The summed E-state index contributed by atoms with van der Waals surface area (Å²) < 4.78 is 35.5. The molecule has 90 valence electrons. The van der Waals surface area contributed by atoms with Crippen molar-refractivity contribution >= 4 is 0 Å². The monoisotopic (exact) mass is 224 g/mol. The molecule has 2 nitrogen and oxygen atoms in total. The average Bonchev–Trinajstić information content (AvgIpc) is 2.13. The van der Waals surface area contributed by atoms with Crippen molar-refractivity contribution in [3.63, 3.8) is 0 Å². The molecule has 0 aromatic carbocycles. The lowest BCUT2D eigenvalue weighted by atomic mass is 9.85. The molecule has 0 amide bonds. The first-order valence-corrected chi connectivity index (χ1v) is 5.52. The summed E-state index contributed by atoms with van der Waals surface area (Å²) in [6.45, 7) is 0.629. The van der Waals surface area contributed by atoms with E-state index in [0.29, 0.717) is 12.5 Å². The third-order valence-electron chi connectivity index (χ3n) is 2.96. The molecule has 1 aliphatic carbocycles. The Morgan fingerprint density at radius 2 is 1.87 bits per heavy atom. The average molecular weight is 224 g/mol. The van der Waals surface area contributed by atoms with E-state index in [1.807, 2.05) is 0 Å². The van der Waals surface area contributed by atoms with Crippen molar-refractivity contribution in [2.75, 3.05) is 13.1 Å². The van der Waals surface area contributed by atoms with Gasteiger partial charge in [-0.2, -0.15) is 13.2 Å². The van der Waals surface area contributed by atoms with E-state index in [0.717, 1.165) is 25.7 Å². The zero-order valence-corrected chi connectivity index (χ0v) is 8.82. The van der Waals surface area contributed by atoms with Gasteiger partial charge in [-0.1, -0.05) is 12.8 Å². The molecule has 0 spiro atoms. The number of nitrogens with two attached hydrogens (primary N) is 1. The van der Waals surface area contributed by atoms with Gasteiger partial charge in [-0.25, -0.2) is 0 Å². The summed E-state index contributed by atoms with van der Waals surface area (Å²) in [5.74, 6) is 0.354. The normalized spacial score (nSPS) is 28.0. The summed E-state index contributed by atoms with van der Waals surface area (Å²) in [6, 6.07) is 0.164. The van der Waals surface area contributed by atoms with Crippen LogP contribution in [0.2, 0.25) is 0 Å². The molecule has 0 aromatic heterocycles. The lowest BCUT2D eigenvalue weighted by molar-refractivity contribution is -0.133. The van der Waals surface area contributed by atoms with E-state index < -0.39 is 12.6 Å². The summed E-state index contributed by atoms with van der Waals surface area (Å²) in [5.41, 5.74) is 5.88. The van der Waals surface area contributed by atoms with Gasteiger partial charge in [0.15, 0.2) is 0 Å². The smallest absolute Gasteiger partial charge is 0.327 e. The van der Waals surface area contributed by atoms with E-state index in [1.165, 1.54) is 0 Å². The Kier molecular flexibility index (Phi) is 4.86. The van der Waals surface area contributed by atoms with Crippen molar-refractivity contribution in [2.45, 2.75) is 44.3 Å². The Bertz CT molecular complexity index is 182. The van der Waals surface area contributed by atoms with Crippen LogP contribution in [0, 0.1) is 5.92 Å². The van der Waals surface area contributed by atoms with Crippen molar-refractivity contribution in [1.82, 2.24) is 5.32 Å². The maximum absolute atomic E-state index is 11.8. The van der Waals surface area contributed by atoms with E-state index in [4.69, 9.17) is 5.73 Å². The summed E-state index contributed by atoms with van der Waals surface area (Å²) in [5, 5.41) is 2.84. The van der Waals surface area contributed by atoms with Crippen LogP contribution in [0.4, 0.5) is 13.2 Å². The minimum absolute atomic E-state index is 0.00667.